The number of rotatable bonds is 10. The molecule has 0 aliphatic heterocycles. The summed E-state index contributed by atoms with van der Waals surface area (Å²) >= 11 is 0. The summed E-state index contributed by atoms with van der Waals surface area (Å²) in [5.41, 5.74) is 0. The lowest BCUT2D eigenvalue weighted by Gasteiger charge is -2.24. The first kappa shape index (κ1) is 17.9. The number of nitrogens with one attached hydrogen (secondary N) is 2. The van der Waals surface area contributed by atoms with Crippen LogP contribution < -0.4 is 10.0 Å². The first-order valence-corrected chi connectivity index (χ1v) is 9.41. The van der Waals surface area contributed by atoms with Gasteiger partial charge >= 0.3 is 0 Å². The molecule has 1 atom stereocenters. The summed E-state index contributed by atoms with van der Waals surface area (Å²) in [6.45, 7) is 6.51. The molecule has 6 heteroatoms. The topological polar surface area (TPSA) is 61.4 Å². The number of hydrogen-bond acceptors (Lipinski definition) is 4. The predicted octanol–water partition coefficient (Wildman–Crippen LogP) is 1.17. The van der Waals surface area contributed by atoms with Gasteiger partial charge in [0.1, 0.15) is 0 Å². The average Bonchev–Trinajstić information content (AvgIpc) is 2.92. The smallest absolute Gasteiger partial charge is 0.215 e. The minimum atomic E-state index is -3.20. The van der Waals surface area contributed by atoms with E-state index >= 15 is 0 Å². The molecule has 1 rings (SSSR count). The van der Waals surface area contributed by atoms with E-state index in [1.807, 2.05) is 0 Å². The van der Waals surface area contributed by atoms with Crippen molar-refractivity contribution in [2.24, 2.45) is 0 Å². The highest BCUT2D eigenvalue weighted by atomic mass is 32.2. The van der Waals surface area contributed by atoms with Crippen molar-refractivity contribution in [2.75, 3.05) is 33.2 Å². The summed E-state index contributed by atoms with van der Waals surface area (Å²) in [6.07, 6.45) is 6.13. The maximum absolute atomic E-state index is 12.1. The van der Waals surface area contributed by atoms with Crippen LogP contribution in [0.25, 0.3) is 0 Å². The van der Waals surface area contributed by atoms with Crippen molar-refractivity contribution >= 4 is 10.0 Å². The highest BCUT2D eigenvalue weighted by Crippen LogP contribution is 2.21. The molecule has 1 saturated carbocycles. The van der Waals surface area contributed by atoms with Crippen molar-refractivity contribution in [1.82, 2.24) is 14.9 Å². The predicted molar refractivity (Wildman–Crippen MR) is 84.4 cm³/mol. The van der Waals surface area contributed by atoms with E-state index in [2.05, 4.69) is 28.9 Å². The highest BCUT2D eigenvalue weighted by Gasteiger charge is 2.22. The Hall–Kier alpha value is -0.170. The van der Waals surface area contributed by atoms with E-state index in [4.69, 9.17) is 0 Å². The van der Waals surface area contributed by atoms with Gasteiger partial charge in [-0.1, -0.05) is 19.8 Å². The van der Waals surface area contributed by atoms with Crippen LogP contribution in [0.2, 0.25) is 0 Å². The van der Waals surface area contributed by atoms with E-state index < -0.39 is 10.0 Å². The first-order valence-electron chi connectivity index (χ1n) is 7.86. The van der Waals surface area contributed by atoms with Gasteiger partial charge in [-0.15, -0.1) is 0 Å². The van der Waals surface area contributed by atoms with Crippen LogP contribution in [0, 0.1) is 0 Å². The molecule has 1 aliphatic rings. The van der Waals surface area contributed by atoms with Crippen molar-refractivity contribution in [2.45, 2.75) is 57.2 Å². The minimum Gasteiger partial charge on any atom is -0.315 e. The Labute approximate surface area is 124 Å². The van der Waals surface area contributed by atoms with Gasteiger partial charge in [0, 0.05) is 25.7 Å². The fourth-order valence-electron chi connectivity index (χ4n) is 2.63. The molecule has 1 aliphatic carbocycles. The lowest BCUT2D eigenvalue weighted by molar-refractivity contribution is 0.249. The van der Waals surface area contributed by atoms with Crippen LogP contribution in [0.3, 0.4) is 0 Å². The van der Waals surface area contributed by atoms with Crippen LogP contribution in [0.5, 0.6) is 0 Å². The van der Waals surface area contributed by atoms with Crippen molar-refractivity contribution in [3.05, 3.63) is 0 Å². The highest BCUT2D eigenvalue weighted by molar-refractivity contribution is 7.90. The summed E-state index contributed by atoms with van der Waals surface area (Å²) in [4.78, 5) is 2.29. The fourth-order valence-corrected chi connectivity index (χ4v) is 3.62. The Morgan fingerprint density at radius 2 is 1.90 bits per heavy atom. The molecule has 1 unspecified atom stereocenters. The second-order valence-electron chi connectivity index (χ2n) is 5.87. The van der Waals surface area contributed by atoms with Crippen LogP contribution in [0.1, 0.15) is 46.0 Å². The lowest BCUT2D eigenvalue weighted by Crippen LogP contribution is -2.43. The number of sulfonamides is 1. The van der Waals surface area contributed by atoms with Crippen LogP contribution in [-0.4, -0.2) is 57.8 Å². The monoisotopic (exact) mass is 305 g/mol. The van der Waals surface area contributed by atoms with E-state index in [1.54, 1.807) is 6.92 Å². The van der Waals surface area contributed by atoms with E-state index in [1.165, 1.54) is 25.7 Å². The van der Waals surface area contributed by atoms with Gasteiger partial charge in [0.25, 0.3) is 0 Å². The molecule has 20 heavy (non-hydrogen) atoms. The van der Waals surface area contributed by atoms with Crippen molar-refractivity contribution < 1.29 is 8.42 Å². The summed E-state index contributed by atoms with van der Waals surface area (Å²) in [5, 5.41) is 2.77. The normalized spacial score (nSPS) is 18.8. The molecule has 0 heterocycles. The average molecular weight is 305 g/mol. The number of hydrogen-bond donors (Lipinski definition) is 2. The molecule has 120 valence electrons. The van der Waals surface area contributed by atoms with E-state index in [-0.39, 0.29) is 5.25 Å². The Morgan fingerprint density at radius 3 is 2.50 bits per heavy atom. The Bertz CT molecular complexity index is 353. The zero-order valence-corrected chi connectivity index (χ0v) is 14.0. The van der Waals surface area contributed by atoms with E-state index in [0.29, 0.717) is 19.1 Å². The molecule has 1 fully saturated rings. The Morgan fingerprint density at radius 1 is 1.25 bits per heavy atom. The van der Waals surface area contributed by atoms with E-state index in [9.17, 15) is 8.42 Å². The van der Waals surface area contributed by atoms with Crippen molar-refractivity contribution in [3.8, 4) is 0 Å². The molecule has 0 bridgehead atoms. The third-order valence-corrected chi connectivity index (χ3v) is 5.94. The second-order valence-corrected chi connectivity index (χ2v) is 8.06. The van der Waals surface area contributed by atoms with Gasteiger partial charge in [-0.3, -0.25) is 0 Å². The van der Waals surface area contributed by atoms with Gasteiger partial charge in [0.05, 0.1) is 5.25 Å². The molecule has 0 aromatic rings. The number of likely N-dealkylation sites (N-methyl/N-ethyl adjacent to an activating group) is 1. The molecule has 0 spiro atoms. The van der Waals surface area contributed by atoms with Crippen LogP contribution in [0.4, 0.5) is 0 Å². The zero-order chi connectivity index (χ0) is 15.0. The van der Waals surface area contributed by atoms with Gasteiger partial charge in [-0.25, -0.2) is 13.1 Å². The van der Waals surface area contributed by atoms with Gasteiger partial charge in [0.2, 0.25) is 10.0 Å². The standard InChI is InChI=1S/C14H31N3O2S/c1-4-9-15-12-13(2)20(18,19)16-10-11-17(3)14-7-5-6-8-14/h13-16H,4-12H2,1-3H3. The Kier molecular flexibility index (Phi) is 8.02. The lowest BCUT2D eigenvalue weighted by atomic mass is 10.2. The summed E-state index contributed by atoms with van der Waals surface area (Å²) in [6, 6.07) is 0.642. The van der Waals surface area contributed by atoms with Crippen LogP contribution in [-0.2, 0) is 10.0 Å². The van der Waals surface area contributed by atoms with Crippen molar-refractivity contribution in [3.63, 3.8) is 0 Å². The second kappa shape index (κ2) is 8.97. The molecule has 0 saturated heterocycles. The molecule has 0 radical (unpaired) electrons. The third kappa shape index (κ3) is 6.08. The minimum absolute atomic E-state index is 0.383. The molecule has 0 aromatic heterocycles. The SMILES string of the molecule is CCCNCC(C)S(=O)(=O)NCCN(C)C1CCCC1. The fraction of sp³-hybridized carbons (Fsp3) is 1.00. The van der Waals surface area contributed by atoms with Crippen molar-refractivity contribution in [1.29, 1.82) is 0 Å². The molecule has 5 nitrogen and oxygen atoms in total. The zero-order valence-electron chi connectivity index (χ0n) is 13.2. The number of nitrogens with zero attached hydrogens (tertiary/aromatic N) is 1. The summed E-state index contributed by atoms with van der Waals surface area (Å²) < 4.78 is 26.8. The third-order valence-electron chi connectivity index (χ3n) is 4.10. The summed E-state index contributed by atoms with van der Waals surface area (Å²) in [5.74, 6) is 0. The van der Waals surface area contributed by atoms with E-state index in [0.717, 1.165) is 19.5 Å². The molecular formula is C14H31N3O2S. The molecule has 2 N–H and O–H groups in total. The molecule has 0 amide bonds. The van der Waals surface area contributed by atoms with Crippen LogP contribution >= 0.6 is 0 Å². The Balaban J connectivity index is 2.24. The van der Waals surface area contributed by atoms with Gasteiger partial charge in [-0.05, 0) is 39.8 Å². The van der Waals surface area contributed by atoms with Gasteiger partial charge < -0.3 is 10.2 Å². The quantitative estimate of drug-likeness (QED) is 0.595. The molecular weight excluding hydrogens is 274 g/mol. The van der Waals surface area contributed by atoms with Gasteiger partial charge in [0.15, 0.2) is 0 Å². The largest absolute Gasteiger partial charge is 0.315 e. The van der Waals surface area contributed by atoms with Crippen LogP contribution in [0.15, 0.2) is 0 Å². The molecule has 0 aromatic carbocycles. The first-order chi connectivity index (χ1) is 9.47. The maximum Gasteiger partial charge on any atom is 0.215 e. The summed E-state index contributed by atoms with van der Waals surface area (Å²) in [7, 11) is -1.11. The van der Waals surface area contributed by atoms with Gasteiger partial charge in [-0.2, -0.15) is 0 Å². The maximum atomic E-state index is 12.1.